The first-order chi connectivity index (χ1) is 9.93. The summed E-state index contributed by atoms with van der Waals surface area (Å²) in [5.74, 6) is -0.175. The number of halogens is 1. The van der Waals surface area contributed by atoms with Crippen molar-refractivity contribution in [2.24, 2.45) is 5.41 Å². The summed E-state index contributed by atoms with van der Waals surface area (Å²) in [5.41, 5.74) is 0.699. The molecule has 0 bridgehead atoms. The highest BCUT2D eigenvalue weighted by Gasteiger charge is 2.53. The first-order valence-corrected chi connectivity index (χ1v) is 9.54. The van der Waals surface area contributed by atoms with Crippen molar-refractivity contribution in [2.75, 3.05) is 19.3 Å². The lowest BCUT2D eigenvalue weighted by molar-refractivity contribution is 0.173. The fourth-order valence-corrected chi connectivity index (χ4v) is 6.36. The third-order valence-corrected chi connectivity index (χ3v) is 7.07. The molecule has 3 nitrogen and oxygen atoms in total. The first kappa shape index (κ1) is 15.0. The van der Waals surface area contributed by atoms with Gasteiger partial charge in [-0.05, 0) is 48.9 Å². The Balaban J connectivity index is 2.05. The molecule has 5 heteroatoms. The maximum Gasteiger partial charge on any atom is 0.150 e. The molecule has 1 saturated carbocycles. The lowest BCUT2D eigenvalue weighted by atomic mass is 9.66. The van der Waals surface area contributed by atoms with Gasteiger partial charge in [0.15, 0.2) is 9.84 Å². The van der Waals surface area contributed by atoms with E-state index >= 15 is 0 Å². The van der Waals surface area contributed by atoms with Crippen LogP contribution in [0.1, 0.15) is 37.2 Å². The smallest absolute Gasteiger partial charge is 0.150 e. The Hall–Kier alpha value is -0.940. The van der Waals surface area contributed by atoms with Gasteiger partial charge < -0.3 is 5.32 Å². The Bertz CT molecular complexity index is 631. The van der Waals surface area contributed by atoms with Crippen molar-refractivity contribution in [3.63, 3.8) is 0 Å². The van der Waals surface area contributed by atoms with Crippen LogP contribution in [0.2, 0.25) is 0 Å². The number of sulfone groups is 1. The average Bonchev–Trinajstić information content (AvgIpc) is 2.83. The largest absolute Gasteiger partial charge is 0.316 e. The molecule has 2 aliphatic rings. The highest BCUT2D eigenvalue weighted by Crippen LogP contribution is 2.54. The van der Waals surface area contributed by atoms with E-state index < -0.39 is 9.84 Å². The monoisotopic (exact) mass is 311 g/mol. The maximum atomic E-state index is 13.6. The molecule has 3 rings (SSSR count). The Kier molecular flexibility index (Phi) is 3.82. The van der Waals surface area contributed by atoms with Crippen LogP contribution < -0.4 is 5.32 Å². The van der Waals surface area contributed by atoms with Gasteiger partial charge in [-0.2, -0.15) is 0 Å². The zero-order valence-corrected chi connectivity index (χ0v) is 13.1. The minimum absolute atomic E-state index is 0.0733. The molecule has 3 atom stereocenters. The molecule has 1 N–H and O–H groups in total. The number of piperidine rings is 1. The van der Waals surface area contributed by atoms with E-state index in [1.807, 2.05) is 6.07 Å². The van der Waals surface area contributed by atoms with E-state index in [0.717, 1.165) is 44.3 Å². The highest BCUT2D eigenvalue weighted by atomic mass is 32.2. The number of hydrogen-bond donors (Lipinski definition) is 1. The van der Waals surface area contributed by atoms with Crippen LogP contribution in [0.4, 0.5) is 4.39 Å². The van der Waals surface area contributed by atoms with Gasteiger partial charge in [0.1, 0.15) is 5.82 Å². The van der Waals surface area contributed by atoms with Gasteiger partial charge in [-0.15, -0.1) is 0 Å². The predicted molar refractivity (Wildman–Crippen MR) is 81.5 cm³/mol. The first-order valence-electron chi connectivity index (χ1n) is 7.58. The summed E-state index contributed by atoms with van der Waals surface area (Å²) in [6.45, 7) is 1.58. The van der Waals surface area contributed by atoms with E-state index in [-0.39, 0.29) is 22.4 Å². The Morgan fingerprint density at radius 3 is 2.86 bits per heavy atom. The van der Waals surface area contributed by atoms with Crippen LogP contribution in [0.25, 0.3) is 0 Å². The van der Waals surface area contributed by atoms with Crippen molar-refractivity contribution in [1.29, 1.82) is 0 Å². The average molecular weight is 311 g/mol. The Morgan fingerprint density at radius 2 is 2.14 bits per heavy atom. The van der Waals surface area contributed by atoms with Crippen molar-refractivity contribution < 1.29 is 12.8 Å². The van der Waals surface area contributed by atoms with E-state index in [4.69, 9.17) is 0 Å². The maximum absolute atomic E-state index is 13.6. The van der Waals surface area contributed by atoms with Crippen molar-refractivity contribution >= 4 is 9.84 Å². The molecule has 21 heavy (non-hydrogen) atoms. The van der Waals surface area contributed by atoms with Crippen molar-refractivity contribution in [3.05, 3.63) is 35.6 Å². The van der Waals surface area contributed by atoms with Gasteiger partial charge in [0, 0.05) is 18.7 Å². The number of hydrogen-bond acceptors (Lipinski definition) is 3. The SMILES string of the molecule is CS(=O)(=O)C1CCCC12CCNCC2c1cccc(F)c1. The zero-order chi connectivity index (χ0) is 15.1. The molecule has 116 valence electrons. The molecule has 0 aromatic heterocycles. The fraction of sp³-hybridized carbons (Fsp3) is 0.625. The van der Waals surface area contributed by atoms with E-state index in [1.54, 1.807) is 12.1 Å². The minimum atomic E-state index is -3.08. The van der Waals surface area contributed by atoms with E-state index in [0.29, 0.717) is 0 Å². The molecule has 1 aliphatic heterocycles. The van der Waals surface area contributed by atoms with Crippen molar-refractivity contribution in [3.8, 4) is 0 Å². The summed E-state index contributed by atoms with van der Waals surface area (Å²) >= 11 is 0. The molecule has 1 saturated heterocycles. The summed E-state index contributed by atoms with van der Waals surface area (Å²) in [6, 6.07) is 6.66. The third kappa shape index (κ3) is 2.61. The van der Waals surface area contributed by atoms with Gasteiger partial charge in [0.2, 0.25) is 0 Å². The second-order valence-electron chi connectivity index (χ2n) is 6.51. The van der Waals surface area contributed by atoms with Gasteiger partial charge in [0.05, 0.1) is 5.25 Å². The minimum Gasteiger partial charge on any atom is -0.316 e. The van der Waals surface area contributed by atoms with Gasteiger partial charge in [-0.3, -0.25) is 0 Å². The lowest BCUT2D eigenvalue weighted by Gasteiger charge is -2.45. The van der Waals surface area contributed by atoms with Gasteiger partial charge in [-0.25, -0.2) is 12.8 Å². The molecule has 2 fully saturated rings. The van der Waals surface area contributed by atoms with Crippen LogP contribution >= 0.6 is 0 Å². The molecule has 1 aliphatic carbocycles. The summed E-state index contributed by atoms with van der Waals surface area (Å²) in [4.78, 5) is 0. The predicted octanol–water partition coefficient (Wildman–Crippen LogP) is 2.49. The fourth-order valence-electron chi connectivity index (χ4n) is 4.51. The van der Waals surface area contributed by atoms with Gasteiger partial charge in [-0.1, -0.05) is 18.6 Å². The molecule has 3 unspecified atom stereocenters. The standard InChI is InChI=1S/C16H22FNO2S/c1-21(19,20)15-6-3-7-16(15)8-9-18-11-14(16)12-4-2-5-13(17)10-12/h2,4-5,10,14-15,18H,3,6-9,11H2,1H3. The van der Waals surface area contributed by atoms with Crippen LogP contribution in [0.5, 0.6) is 0 Å². The molecular formula is C16H22FNO2S. The second kappa shape index (κ2) is 5.36. The Morgan fingerprint density at radius 1 is 1.33 bits per heavy atom. The van der Waals surface area contributed by atoms with Crippen LogP contribution in [0, 0.1) is 11.2 Å². The molecule has 1 spiro atoms. The number of rotatable bonds is 2. The number of nitrogens with one attached hydrogen (secondary N) is 1. The Labute approximate surface area is 125 Å². The molecular weight excluding hydrogens is 289 g/mol. The summed E-state index contributed by atoms with van der Waals surface area (Å²) in [5, 5.41) is 3.07. The van der Waals surface area contributed by atoms with E-state index in [9.17, 15) is 12.8 Å². The molecule has 0 radical (unpaired) electrons. The topological polar surface area (TPSA) is 46.2 Å². The summed E-state index contributed by atoms with van der Waals surface area (Å²) in [6.07, 6.45) is 4.82. The van der Waals surface area contributed by atoms with Crippen LogP contribution in [-0.4, -0.2) is 33.0 Å². The molecule has 1 aromatic carbocycles. The lowest BCUT2D eigenvalue weighted by Crippen LogP contribution is -2.49. The summed E-state index contributed by atoms with van der Waals surface area (Å²) in [7, 11) is -3.08. The zero-order valence-electron chi connectivity index (χ0n) is 12.3. The van der Waals surface area contributed by atoms with Crippen LogP contribution in [-0.2, 0) is 9.84 Å². The van der Waals surface area contributed by atoms with E-state index in [2.05, 4.69) is 5.32 Å². The van der Waals surface area contributed by atoms with Crippen molar-refractivity contribution in [2.45, 2.75) is 36.9 Å². The highest BCUT2D eigenvalue weighted by molar-refractivity contribution is 7.91. The second-order valence-corrected chi connectivity index (χ2v) is 8.73. The molecule has 0 amide bonds. The van der Waals surface area contributed by atoms with Crippen LogP contribution in [0.15, 0.2) is 24.3 Å². The number of benzene rings is 1. The third-order valence-electron chi connectivity index (χ3n) is 5.33. The quantitative estimate of drug-likeness (QED) is 0.913. The summed E-state index contributed by atoms with van der Waals surface area (Å²) < 4.78 is 38.1. The normalized spacial score (nSPS) is 33.4. The van der Waals surface area contributed by atoms with Gasteiger partial charge >= 0.3 is 0 Å². The van der Waals surface area contributed by atoms with E-state index in [1.165, 1.54) is 12.3 Å². The van der Waals surface area contributed by atoms with Crippen LogP contribution in [0.3, 0.4) is 0 Å². The van der Waals surface area contributed by atoms with Gasteiger partial charge in [0.25, 0.3) is 0 Å². The molecule has 1 aromatic rings. The molecule has 1 heterocycles. The van der Waals surface area contributed by atoms with Crippen molar-refractivity contribution in [1.82, 2.24) is 5.32 Å².